The van der Waals surface area contributed by atoms with Crippen LogP contribution in [0.3, 0.4) is 0 Å². The molecule has 0 radical (unpaired) electrons. The van der Waals surface area contributed by atoms with Crippen LogP contribution in [-0.4, -0.2) is 22.4 Å². The Kier molecular flexibility index (Phi) is 5.63. The summed E-state index contributed by atoms with van der Waals surface area (Å²) in [5.41, 5.74) is -0.0813. The quantitative estimate of drug-likeness (QED) is 0.845. The van der Waals surface area contributed by atoms with E-state index < -0.39 is 11.7 Å². The molecule has 0 unspecified atom stereocenters. The molecule has 1 aromatic rings. The number of ether oxygens (including phenoxy) is 1. The molecule has 0 aliphatic rings. The van der Waals surface area contributed by atoms with E-state index in [0.29, 0.717) is 18.6 Å². The van der Waals surface area contributed by atoms with E-state index in [0.717, 1.165) is 10.0 Å². The van der Waals surface area contributed by atoms with Gasteiger partial charge in [0.05, 0.1) is 11.7 Å². The van der Waals surface area contributed by atoms with Crippen LogP contribution in [-0.2, 0) is 0 Å². The van der Waals surface area contributed by atoms with Crippen molar-refractivity contribution in [2.24, 2.45) is 0 Å². The number of rotatable bonds is 6. The lowest BCUT2D eigenvalue weighted by molar-refractivity contribution is -0.0121. The van der Waals surface area contributed by atoms with Crippen LogP contribution in [0.1, 0.15) is 45.3 Å². The summed E-state index contributed by atoms with van der Waals surface area (Å²) >= 11 is 3.37. The number of halogens is 1. The zero-order chi connectivity index (χ0) is 13.8. The summed E-state index contributed by atoms with van der Waals surface area (Å²) in [5.74, 6) is 0.619. The molecule has 18 heavy (non-hydrogen) atoms. The van der Waals surface area contributed by atoms with E-state index in [-0.39, 0.29) is 6.61 Å². The Labute approximate surface area is 117 Å². The molecule has 0 spiro atoms. The maximum absolute atomic E-state index is 10.2. The predicted molar refractivity (Wildman–Crippen MR) is 75.8 cm³/mol. The largest absolute Gasteiger partial charge is 0.490 e. The molecule has 102 valence electrons. The Hall–Kier alpha value is -0.580. The Morgan fingerprint density at radius 2 is 1.94 bits per heavy atom. The van der Waals surface area contributed by atoms with E-state index >= 15 is 0 Å². The van der Waals surface area contributed by atoms with Crippen LogP contribution >= 0.6 is 15.9 Å². The monoisotopic (exact) mass is 316 g/mol. The van der Waals surface area contributed by atoms with Crippen molar-refractivity contribution in [1.82, 2.24) is 0 Å². The number of benzene rings is 1. The first-order valence-corrected chi connectivity index (χ1v) is 7.04. The highest BCUT2D eigenvalue weighted by atomic mass is 79.9. The van der Waals surface area contributed by atoms with Crippen molar-refractivity contribution in [2.45, 2.75) is 45.3 Å². The minimum absolute atomic E-state index is 0.237. The summed E-state index contributed by atoms with van der Waals surface area (Å²) in [6.07, 6.45) is 0.683. The lowest BCUT2D eigenvalue weighted by Crippen LogP contribution is -2.34. The molecule has 0 bridgehead atoms. The second-order valence-corrected chi connectivity index (χ2v) is 5.49. The van der Waals surface area contributed by atoms with Crippen LogP contribution in [0, 0.1) is 0 Å². The zero-order valence-electron chi connectivity index (χ0n) is 11.1. The molecule has 0 fully saturated rings. The van der Waals surface area contributed by atoms with Crippen molar-refractivity contribution in [3.8, 4) is 5.75 Å². The lowest BCUT2D eigenvalue weighted by atomic mass is 9.99. The molecule has 1 atom stereocenters. The van der Waals surface area contributed by atoms with Crippen LogP contribution in [0.15, 0.2) is 22.7 Å². The van der Waals surface area contributed by atoms with E-state index in [1.807, 2.05) is 26.0 Å². The van der Waals surface area contributed by atoms with Gasteiger partial charge in [0.25, 0.3) is 0 Å². The number of hydrogen-bond acceptors (Lipinski definition) is 3. The van der Waals surface area contributed by atoms with Crippen LogP contribution in [0.25, 0.3) is 0 Å². The van der Waals surface area contributed by atoms with Gasteiger partial charge in [0.15, 0.2) is 0 Å². The van der Waals surface area contributed by atoms with E-state index in [2.05, 4.69) is 15.9 Å². The van der Waals surface area contributed by atoms with Crippen molar-refractivity contribution in [2.75, 3.05) is 6.61 Å². The highest BCUT2D eigenvalue weighted by Crippen LogP contribution is 2.29. The minimum atomic E-state index is -0.803. The van der Waals surface area contributed by atoms with Gasteiger partial charge in [0, 0.05) is 10.0 Å². The van der Waals surface area contributed by atoms with Crippen molar-refractivity contribution < 1.29 is 14.9 Å². The van der Waals surface area contributed by atoms with Gasteiger partial charge < -0.3 is 14.9 Å². The Balaban J connectivity index is 2.85. The third-order valence-corrected chi connectivity index (χ3v) is 3.73. The fraction of sp³-hybridized carbons (Fsp3) is 0.571. The van der Waals surface area contributed by atoms with Gasteiger partial charge in [0.1, 0.15) is 12.4 Å². The summed E-state index contributed by atoms with van der Waals surface area (Å²) in [4.78, 5) is 0. The second kappa shape index (κ2) is 6.55. The van der Waals surface area contributed by atoms with E-state index in [1.54, 1.807) is 13.0 Å². The Bertz CT molecular complexity index is 387. The van der Waals surface area contributed by atoms with Crippen LogP contribution < -0.4 is 4.74 Å². The van der Waals surface area contributed by atoms with Gasteiger partial charge in [-0.1, -0.05) is 29.8 Å². The molecule has 0 aliphatic heterocycles. The van der Waals surface area contributed by atoms with E-state index in [4.69, 9.17) is 4.74 Å². The highest BCUT2D eigenvalue weighted by Gasteiger charge is 2.24. The fourth-order valence-corrected chi connectivity index (χ4v) is 2.02. The van der Waals surface area contributed by atoms with Gasteiger partial charge in [-0.2, -0.15) is 0 Å². The first-order chi connectivity index (χ1) is 8.41. The molecule has 0 saturated heterocycles. The maximum atomic E-state index is 10.2. The first-order valence-electron chi connectivity index (χ1n) is 6.24. The molecule has 2 N–H and O–H groups in total. The van der Waals surface area contributed by atoms with Gasteiger partial charge in [-0.3, -0.25) is 0 Å². The SMILES string of the molecule is CCC(O)(CC)COc1ccc(Br)cc1[C@@H](C)O. The topological polar surface area (TPSA) is 49.7 Å². The van der Waals surface area contributed by atoms with Crippen LogP contribution in [0.4, 0.5) is 0 Å². The molecule has 0 amide bonds. The normalized spacial score (nSPS) is 13.4. The summed E-state index contributed by atoms with van der Waals surface area (Å²) in [7, 11) is 0. The average Bonchev–Trinajstić information content (AvgIpc) is 2.36. The minimum Gasteiger partial charge on any atom is -0.490 e. The molecule has 1 aromatic carbocycles. The summed E-state index contributed by atoms with van der Waals surface area (Å²) in [6, 6.07) is 5.49. The van der Waals surface area contributed by atoms with Crippen molar-refractivity contribution in [3.05, 3.63) is 28.2 Å². The predicted octanol–water partition coefficient (Wildman–Crippen LogP) is 3.43. The van der Waals surface area contributed by atoms with Crippen molar-refractivity contribution in [3.63, 3.8) is 0 Å². The highest BCUT2D eigenvalue weighted by molar-refractivity contribution is 9.10. The van der Waals surface area contributed by atoms with Gasteiger partial charge >= 0.3 is 0 Å². The molecule has 0 aromatic heterocycles. The summed E-state index contributed by atoms with van der Waals surface area (Å²) in [6.45, 7) is 5.80. The molecule has 0 saturated carbocycles. The smallest absolute Gasteiger partial charge is 0.125 e. The van der Waals surface area contributed by atoms with Gasteiger partial charge in [-0.15, -0.1) is 0 Å². The molecular formula is C14H21BrO3. The molecule has 3 nitrogen and oxygen atoms in total. The second-order valence-electron chi connectivity index (χ2n) is 4.58. The molecule has 1 rings (SSSR count). The van der Waals surface area contributed by atoms with Gasteiger partial charge in [0.2, 0.25) is 0 Å². The molecular weight excluding hydrogens is 296 g/mol. The average molecular weight is 317 g/mol. The molecule has 0 heterocycles. The molecule has 0 aliphatic carbocycles. The van der Waals surface area contributed by atoms with Gasteiger partial charge in [-0.05, 0) is 38.0 Å². The first kappa shape index (κ1) is 15.5. The van der Waals surface area contributed by atoms with Crippen molar-refractivity contribution >= 4 is 15.9 Å². The van der Waals surface area contributed by atoms with Crippen LogP contribution in [0.5, 0.6) is 5.75 Å². The fourth-order valence-electron chi connectivity index (χ4n) is 1.64. The van der Waals surface area contributed by atoms with Gasteiger partial charge in [-0.25, -0.2) is 0 Å². The number of aliphatic hydroxyl groups is 2. The molecule has 4 heteroatoms. The lowest BCUT2D eigenvalue weighted by Gasteiger charge is -2.26. The third kappa shape index (κ3) is 3.97. The third-order valence-electron chi connectivity index (χ3n) is 3.23. The van der Waals surface area contributed by atoms with Crippen LogP contribution in [0.2, 0.25) is 0 Å². The summed E-state index contributed by atoms with van der Waals surface area (Å²) in [5, 5.41) is 19.9. The zero-order valence-corrected chi connectivity index (χ0v) is 12.7. The maximum Gasteiger partial charge on any atom is 0.125 e. The number of hydrogen-bond donors (Lipinski definition) is 2. The Morgan fingerprint density at radius 1 is 1.33 bits per heavy atom. The number of aliphatic hydroxyl groups excluding tert-OH is 1. The van der Waals surface area contributed by atoms with E-state index in [1.165, 1.54) is 0 Å². The Morgan fingerprint density at radius 3 is 2.44 bits per heavy atom. The van der Waals surface area contributed by atoms with E-state index in [9.17, 15) is 10.2 Å². The summed E-state index contributed by atoms with van der Waals surface area (Å²) < 4.78 is 6.56. The standard InChI is InChI=1S/C14H21BrO3/c1-4-14(17,5-2)9-18-13-7-6-11(15)8-12(13)10(3)16/h6-8,10,16-17H,4-5,9H2,1-3H3/t10-/m1/s1. The van der Waals surface area contributed by atoms with Crippen molar-refractivity contribution in [1.29, 1.82) is 0 Å².